The highest BCUT2D eigenvalue weighted by molar-refractivity contribution is 6.32. The Morgan fingerprint density at radius 2 is 2.04 bits per heavy atom. The Hall–Kier alpha value is -2.05. The second-order valence-corrected chi connectivity index (χ2v) is 7.41. The van der Waals surface area contributed by atoms with Crippen molar-refractivity contribution in [2.24, 2.45) is 5.73 Å². The average molecular weight is 364 g/mol. The van der Waals surface area contributed by atoms with E-state index in [0.29, 0.717) is 42.1 Å². The van der Waals surface area contributed by atoms with Crippen LogP contribution in [0.25, 0.3) is 10.8 Å². The van der Waals surface area contributed by atoms with Gasteiger partial charge >= 0.3 is 0 Å². The first kappa shape index (κ1) is 17.8. The molecule has 1 fully saturated rings. The summed E-state index contributed by atoms with van der Waals surface area (Å²) in [7, 11) is 0. The van der Waals surface area contributed by atoms with E-state index >= 15 is 0 Å². The molecule has 0 radical (unpaired) electrons. The van der Waals surface area contributed by atoms with Crippen LogP contribution in [0.3, 0.4) is 0 Å². The largest absolute Gasteiger partial charge is 0.489 e. The van der Waals surface area contributed by atoms with Gasteiger partial charge in [0.15, 0.2) is 0 Å². The number of nitrogens with two attached hydrogens (primary N) is 1. The van der Waals surface area contributed by atoms with Crippen molar-refractivity contribution < 1.29 is 9.53 Å². The van der Waals surface area contributed by atoms with Crippen LogP contribution < -0.4 is 16.0 Å². The zero-order valence-electron chi connectivity index (χ0n) is 14.3. The highest BCUT2D eigenvalue weighted by Gasteiger charge is 2.31. The molecule has 1 aliphatic rings. The number of hydrogen-bond acceptors (Lipinski definition) is 4. The van der Waals surface area contributed by atoms with Crippen LogP contribution in [0.5, 0.6) is 5.75 Å². The van der Waals surface area contributed by atoms with Crippen molar-refractivity contribution in [1.82, 2.24) is 9.88 Å². The van der Waals surface area contributed by atoms with E-state index in [1.54, 1.807) is 37.1 Å². The van der Waals surface area contributed by atoms with Crippen molar-refractivity contribution in [3.63, 3.8) is 0 Å². The Labute approximate surface area is 150 Å². The first-order valence-corrected chi connectivity index (χ1v) is 8.69. The predicted molar refractivity (Wildman–Crippen MR) is 98.1 cm³/mol. The van der Waals surface area contributed by atoms with Crippen LogP contribution in [0.4, 0.5) is 0 Å². The van der Waals surface area contributed by atoms with Gasteiger partial charge in [-0.15, -0.1) is 0 Å². The van der Waals surface area contributed by atoms with E-state index in [0.717, 1.165) is 5.39 Å². The molecule has 134 valence electrons. The molecule has 7 heteroatoms. The lowest BCUT2D eigenvalue weighted by molar-refractivity contribution is -0.137. The van der Waals surface area contributed by atoms with Gasteiger partial charge in [-0.2, -0.15) is 0 Å². The highest BCUT2D eigenvalue weighted by Crippen LogP contribution is 2.31. The second-order valence-electron chi connectivity index (χ2n) is 7.01. The third-order valence-corrected chi connectivity index (χ3v) is 4.70. The number of nitrogens with zero attached hydrogens (tertiary/aromatic N) is 1. The summed E-state index contributed by atoms with van der Waals surface area (Å²) in [4.78, 5) is 28.4. The standard InChI is InChI=1S/C18H22ClN3O3/c1-18(2,20)17(24)22-7-4-12(5-8-22)25-15-9-11-3-6-21-16(23)13(11)10-14(15)19/h3,6,9-10,12H,4-5,7-8,20H2,1-2H3,(H,21,23). The number of nitrogens with one attached hydrogen (secondary N) is 1. The molecule has 2 aromatic rings. The lowest BCUT2D eigenvalue weighted by Gasteiger charge is -2.35. The van der Waals surface area contributed by atoms with Gasteiger partial charge in [-0.25, -0.2) is 0 Å². The summed E-state index contributed by atoms with van der Waals surface area (Å²) in [5, 5.41) is 1.72. The monoisotopic (exact) mass is 363 g/mol. The minimum Gasteiger partial charge on any atom is -0.489 e. The molecule has 1 aromatic carbocycles. The van der Waals surface area contributed by atoms with Crippen LogP contribution in [0.2, 0.25) is 5.02 Å². The summed E-state index contributed by atoms with van der Waals surface area (Å²) >= 11 is 6.27. The quantitative estimate of drug-likeness (QED) is 0.875. The molecule has 0 bridgehead atoms. The molecule has 1 saturated heterocycles. The fourth-order valence-electron chi connectivity index (χ4n) is 3.04. The molecule has 25 heavy (non-hydrogen) atoms. The lowest BCUT2D eigenvalue weighted by atomic mass is 10.0. The molecule has 1 aliphatic heterocycles. The number of likely N-dealkylation sites (tertiary alicyclic amines) is 1. The molecule has 2 heterocycles. The number of H-pyrrole nitrogens is 1. The molecule has 0 aliphatic carbocycles. The van der Waals surface area contributed by atoms with Crippen molar-refractivity contribution >= 4 is 28.3 Å². The number of carbonyl (C=O) groups is 1. The third-order valence-electron chi connectivity index (χ3n) is 4.40. The zero-order chi connectivity index (χ0) is 18.2. The van der Waals surface area contributed by atoms with E-state index in [4.69, 9.17) is 22.1 Å². The number of ether oxygens (including phenoxy) is 1. The predicted octanol–water partition coefficient (Wildman–Crippen LogP) is 2.29. The number of benzene rings is 1. The summed E-state index contributed by atoms with van der Waals surface area (Å²) in [5.41, 5.74) is 4.85. The molecule has 1 amide bonds. The van der Waals surface area contributed by atoms with E-state index in [1.165, 1.54) is 0 Å². The molecule has 3 N–H and O–H groups in total. The minimum atomic E-state index is -0.859. The van der Waals surface area contributed by atoms with Crippen LogP contribution in [0, 0.1) is 0 Å². The Balaban J connectivity index is 1.70. The van der Waals surface area contributed by atoms with E-state index in [1.807, 2.05) is 6.07 Å². The highest BCUT2D eigenvalue weighted by atomic mass is 35.5. The molecule has 1 aromatic heterocycles. The number of amides is 1. The summed E-state index contributed by atoms with van der Waals surface area (Å²) < 4.78 is 6.03. The number of aromatic nitrogens is 1. The molecule has 0 spiro atoms. The first-order chi connectivity index (χ1) is 11.8. The number of pyridine rings is 1. The molecular weight excluding hydrogens is 342 g/mol. The number of aromatic amines is 1. The number of fused-ring (bicyclic) bond motifs is 1. The summed E-state index contributed by atoms with van der Waals surface area (Å²) in [6.07, 6.45) is 3.00. The zero-order valence-corrected chi connectivity index (χ0v) is 15.1. The average Bonchev–Trinajstić information content (AvgIpc) is 2.56. The fraction of sp³-hybridized carbons (Fsp3) is 0.444. The fourth-order valence-corrected chi connectivity index (χ4v) is 3.25. The number of hydrogen-bond donors (Lipinski definition) is 2. The van der Waals surface area contributed by atoms with Crippen molar-refractivity contribution in [2.75, 3.05) is 13.1 Å². The van der Waals surface area contributed by atoms with Gasteiger partial charge in [-0.1, -0.05) is 11.6 Å². The van der Waals surface area contributed by atoms with Crippen LogP contribution >= 0.6 is 11.6 Å². The van der Waals surface area contributed by atoms with Gasteiger partial charge < -0.3 is 20.4 Å². The third kappa shape index (κ3) is 3.80. The molecule has 0 saturated carbocycles. The smallest absolute Gasteiger partial charge is 0.255 e. The van der Waals surface area contributed by atoms with Crippen molar-refractivity contribution in [2.45, 2.75) is 38.3 Å². The van der Waals surface area contributed by atoms with E-state index < -0.39 is 5.54 Å². The Morgan fingerprint density at radius 3 is 2.68 bits per heavy atom. The van der Waals surface area contributed by atoms with E-state index in [2.05, 4.69) is 4.98 Å². The van der Waals surface area contributed by atoms with Crippen LogP contribution in [-0.4, -0.2) is 40.5 Å². The number of carbonyl (C=O) groups excluding carboxylic acids is 1. The summed E-state index contributed by atoms with van der Waals surface area (Å²) in [5.74, 6) is 0.512. The van der Waals surface area contributed by atoms with Crippen molar-refractivity contribution in [1.29, 1.82) is 0 Å². The van der Waals surface area contributed by atoms with Gasteiger partial charge in [0, 0.05) is 37.5 Å². The topological polar surface area (TPSA) is 88.4 Å². The van der Waals surface area contributed by atoms with Gasteiger partial charge in [0.05, 0.1) is 10.6 Å². The Kier molecular flexibility index (Phi) is 4.75. The van der Waals surface area contributed by atoms with Crippen LogP contribution in [0.15, 0.2) is 29.2 Å². The number of piperidine rings is 1. The maximum atomic E-state index is 12.2. The van der Waals surface area contributed by atoms with Crippen LogP contribution in [-0.2, 0) is 4.79 Å². The first-order valence-electron chi connectivity index (χ1n) is 8.31. The second kappa shape index (κ2) is 6.69. The number of halogens is 1. The maximum Gasteiger partial charge on any atom is 0.255 e. The molecule has 0 atom stereocenters. The molecular formula is C18H22ClN3O3. The van der Waals surface area contributed by atoms with Crippen molar-refractivity contribution in [3.05, 3.63) is 39.8 Å². The van der Waals surface area contributed by atoms with Gasteiger partial charge in [0.1, 0.15) is 11.9 Å². The van der Waals surface area contributed by atoms with Crippen molar-refractivity contribution in [3.8, 4) is 5.75 Å². The van der Waals surface area contributed by atoms with Crippen LogP contribution in [0.1, 0.15) is 26.7 Å². The van der Waals surface area contributed by atoms with E-state index in [-0.39, 0.29) is 17.6 Å². The van der Waals surface area contributed by atoms with Gasteiger partial charge in [-0.3, -0.25) is 9.59 Å². The lowest BCUT2D eigenvalue weighted by Crippen LogP contribution is -2.54. The molecule has 6 nitrogen and oxygen atoms in total. The maximum absolute atomic E-state index is 12.2. The van der Waals surface area contributed by atoms with E-state index in [9.17, 15) is 9.59 Å². The Morgan fingerprint density at radius 1 is 1.36 bits per heavy atom. The summed E-state index contributed by atoms with van der Waals surface area (Å²) in [6, 6.07) is 5.22. The van der Waals surface area contributed by atoms with Gasteiger partial charge in [0.2, 0.25) is 5.91 Å². The molecule has 0 unspecified atom stereocenters. The van der Waals surface area contributed by atoms with Gasteiger partial charge in [-0.05, 0) is 37.4 Å². The SMILES string of the molecule is CC(C)(N)C(=O)N1CCC(Oc2cc3cc[nH]c(=O)c3cc2Cl)CC1. The van der Waals surface area contributed by atoms with Gasteiger partial charge in [0.25, 0.3) is 5.56 Å². The minimum absolute atomic E-state index is 0.0260. The summed E-state index contributed by atoms with van der Waals surface area (Å²) in [6.45, 7) is 4.65. The molecule has 3 rings (SSSR count). The Bertz CT molecular complexity index is 849. The normalized spacial score (nSPS) is 16.2. The number of rotatable bonds is 3.